The molecule has 0 saturated heterocycles. The highest BCUT2D eigenvalue weighted by Gasteiger charge is 2.26. The zero-order valence-electron chi connectivity index (χ0n) is 10.8. The average molecular weight is 246 g/mol. The Kier molecular flexibility index (Phi) is 3.52. The van der Waals surface area contributed by atoms with Gasteiger partial charge in [0.1, 0.15) is 12.4 Å². The smallest absolute Gasteiger partial charge is 0.123 e. The molecule has 98 valence electrons. The molecule has 0 unspecified atom stereocenters. The maximum atomic E-state index is 5.99. The summed E-state index contributed by atoms with van der Waals surface area (Å²) in [6.07, 6.45) is 4.82. The summed E-state index contributed by atoms with van der Waals surface area (Å²) in [6, 6.07) is 9.53. The second-order valence-electron chi connectivity index (χ2n) is 5.50. The van der Waals surface area contributed by atoms with Crippen LogP contribution in [-0.2, 0) is 6.54 Å². The number of nitrogens with two attached hydrogens (primary N) is 1. The fourth-order valence-electron chi connectivity index (χ4n) is 3.12. The minimum absolute atomic E-state index is 0.428. The monoisotopic (exact) mass is 246 g/mol. The van der Waals surface area contributed by atoms with Gasteiger partial charge in [-0.25, -0.2) is 0 Å². The molecule has 3 heteroatoms. The van der Waals surface area contributed by atoms with Crippen LogP contribution in [0, 0.1) is 0 Å². The Bertz CT molecular complexity index is 399. The lowest BCUT2D eigenvalue weighted by Crippen LogP contribution is -2.41. The van der Waals surface area contributed by atoms with Crippen LogP contribution in [0.1, 0.15) is 31.2 Å². The van der Waals surface area contributed by atoms with Gasteiger partial charge in [0, 0.05) is 30.7 Å². The molecule has 1 aromatic rings. The topological polar surface area (TPSA) is 38.5 Å². The number of rotatable bonds is 1. The molecule has 1 fully saturated rings. The Morgan fingerprint density at radius 1 is 1.11 bits per heavy atom. The van der Waals surface area contributed by atoms with E-state index in [9.17, 15) is 0 Å². The van der Waals surface area contributed by atoms with Gasteiger partial charge >= 0.3 is 0 Å². The maximum absolute atomic E-state index is 5.99. The fraction of sp³-hybridized carbons (Fsp3) is 0.600. The van der Waals surface area contributed by atoms with E-state index in [2.05, 4.69) is 23.1 Å². The normalized spacial score (nSPS) is 29.2. The summed E-state index contributed by atoms with van der Waals surface area (Å²) in [4.78, 5) is 2.58. The predicted molar refractivity (Wildman–Crippen MR) is 72.6 cm³/mol. The number of hydrogen-bond donors (Lipinski definition) is 1. The highest BCUT2D eigenvalue weighted by Crippen LogP contribution is 2.28. The molecule has 3 nitrogen and oxygen atoms in total. The van der Waals surface area contributed by atoms with Gasteiger partial charge in [0.25, 0.3) is 0 Å². The van der Waals surface area contributed by atoms with Crippen molar-refractivity contribution >= 4 is 0 Å². The molecule has 3 rings (SSSR count). The third-order valence-electron chi connectivity index (χ3n) is 4.24. The Labute approximate surface area is 109 Å². The Morgan fingerprint density at radius 3 is 2.72 bits per heavy atom. The third kappa shape index (κ3) is 2.52. The number of fused-ring (bicyclic) bond motifs is 1. The van der Waals surface area contributed by atoms with Crippen LogP contribution < -0.4 is 10.5 Å². The van der Waals surface area contributed by atoms with Gasteiger partial charge < -0.3 is 10.5 Å². The van der Waals surface area contributed by atoms with Crippen LogP contribution in [0.5, 0.6) is 5.75 Å². The van der Waals surface area contributed by atoms with Gasteiger partial charge in [-0.1, -0.05) is 18.2 Å². The van der Waals surface area contributed by atoms with E-state index < -0.39 is 0 Å². The lowest BCUT2D eigenvalue weighted by Gasteiger charge is -2.35. The third-order valence-corrected chi connectivity index (χ3v) is 4.24. The molecule has 1 saturated carbocycles. The first kappa shape index (κ1) is 12.0. The average Bonchev–Trinajstić information content (AvgIpc) is 2.61. The van der Waals surface area contributed by atoms with Crippen molar-refractivity contribution in [3.05, 3.63) is 29.8 Å². The summed E-state index contributed by atoms with van der Waals surface area (Å²) in [5.41, 5.74) is 7.31. The Balaban J connectivity index is 1.71. The Morgan fingerprint density at radius 2 is 1.89 bits per heavy atom. The van der Waals surface area contributed by atoms with Crippen molar-refractivity contribution in [3.8, 4) is 5.75 Å². The molecule has 1 aliphatic carbocycles. The quantitative estimate of drug-likeness (QED) is 0.825. The molecule has 18 heavy (non-hydrogen) atoms. The lowest BCUT2D eigenvalue weighted by atomic mass is 9.90. The minimum atomic E-state index is 0.428. The molecule has 0 amide bonds. The van der Waals surface area contributed by atoms with Crippen molar-refractivity contribution in [3.63, 3.8) is 0 Å². The van der Waals surface area contributed by atoms with Gasteiger partial charge in [-0.3, -0.25) is 4.90 Å². The van der Waals surface area contributed by atoms with E-state index in [1.807, 2.05) is 6.07 Å². The van der Waals surface area contributed by atoms with E-state index in [0.717, 1.165) is 25.4 Å². The van der Waals surface area contributed by atoms with E-state index in [4.69, 9.17) is 10.5 Å². The number of ether oxygens (including phenoxy) is 1. The molecule has 1 aliphatic heterocycles. The SMILES string of the molecule is NC1CCC(N2CCOc3ccccc3C2)CC1. The highest BCUT2D eigenvalue weighted by molar-refractivity contribution is 5.33. The number of nitrogens with zero attached hydrogens (tertiary/aromatic N) is 1. The molecule has 0 spiro atoms. The zero-order chi connectivity index (χ0) is 12.4. The molecule has 0 aromatic heterocycles. The predicted octanol–water partition coefficient (Wildman–Crippen LogP) is 2.15. The molecule has 2 aliphatic rings. The highest BCUT2D eigenvalue weighted by atomic mass is 16.5. The van der Waals surface area contributed by atoms with Crippen LogP contribution in [0.3, 0.4) is 0 Å². The van der Waals surface area contributed by atoms with Crippen molar-refractivity contribution in [2.75, 3.05) is 13.2 Å². The van der Waals surface area contributed by atoms with Gasteiger partial charge in [0.05, 0.1) is 0 Å². The van der Waals surface area contributed by atoms with Crippen molar-refractivity contribution < 1.29 is 4.74 Å². The standard InChI is InChI=1S/C15H22N2O/c16-13-5-7-14(8-6-13)17-9-10-18-15-4-2-1-3-12(15)11-17/h1-4,13-14H,5-11,16H2. The van der Waals surface area contributed by atoms with Crippen LogP contribution in [-0.4, -0.2) is 30.1 Å². The number of hydrogen-bond acceptors (Lipinski definition) is 3. The molecule has 0 radical (unpaired) electrons. The van der Waals surface area contributed by atoms with Gasteiger partial charge in [-0.2, -0.15) is 0 Å². The fourth-order valence-corrected chi connectivity index (χ4v) is 3.12. The summed E-state index contributed by atoms with van der Waals surface area (Å²) >= 11 is 0. The molecule has 1 aromatic carbocycles. The van der Waals surface area contributed by atoms with Gasteiger partial charge in [-0.15, -0.1) is 0 Å². The van der Waals surface area contributed by atoms with E-state index in [1.165, 1.54) is 31.2 Å². The molecule has 2 N–H and O–H groups in total. The summed E-state index contributed by atoms with van der Waals surface area (Å²) in [5, 5.41) is 0. The number of benzene rings is 1. The Hall–Kier alpha value is -1.06. The van der Waals surface area contributed by atoms with Crippen LogP contribution >= 0.6 is 0 Å². The van der Waals surface area contributed by atoms with Gasteiger partial charge in [0.15, 0.2) is 0 Å². The van der Waals surface area contributed by atoms with E-state index in [0.29, 0.717) is 12.1 Å². The number of para-hydroxylation sites is 1. The maximum Gasteiger partial charge on any atom is 0.123 e. The minimum Gasteiger partial charge on any atom is -0.492 e. The van der Waals surface area contributed by atoms with Crippen molar-refractivity contribution in [1.29, 1.82) is 0 Å². The second kappa shape index (κ2) is 5.29. The van der Waals surface area contributed by atoms with Gasteiger partial charge in [0.2, 0.25) is 0 Å². The van der Waals surface area contributed by atoms with E-state index >= 15 is 0 Å². The first-order valence-corrected chi connectivity index (χ1v) is 7.03. The second-order valence-corrected chi connectivity index (χ2v) is 5.50. The van der Waals surface area contributed by atoms with E-state index in [1.54, 1.807) is 0 Å². The van der Waals surface area contributed by atoms with Crippen molar-refractivity contribution in [2.45, 2.75) is 44.3 Å². The molecule has 0 atom stereocenters. The van der Waals surface area contributed by atoms with Crippen molar-refractivity contribution in [2.24, 2.45) is 5.73 Å². The summed E-state index contributed by atoms with van der Waals surface area (Å²) < 4.78 is 5.82. The van der Waals surface area contributed by atoms with Crippen LogP contribution in [0.4, 0.5) is 0 Å². The van der Waals surface area contributed by atoms with Gasteiger partial charge in [-0.05, 0) is 31.7 Å². The first-order valence-electron chi connectivity index (χ1n) is 7.03. The summed E-state index contributed by atoms with van der Waals surface area (Å²) in [6.45, 7) is 2.87. The molecular formula is C15H22N2O. The largest absolute Gasteiger partial charge is 0.492 e. The molecule has 0 bridgehead atoms. The van der Waals surface area contributed by atoms with Crippen LogP contribution in [0.2, 0.25) is 0 Å². The molecule has 1 heterocycles. The first-order chi connectivity index (χ1) is 8.83. The van der Waals surface area contributed by atoms with E-state index in [-0.39, 0.29) is 0 Å². The summed E-state index contributed by atoms with van der Waals surface area (Å²) in [7, 11) is 0. The zero-order valence-corrected chi connectivity index (χ0v) is 10.8. The van der Waals surface area contributed by atoms with Crippen LogP contribution in [0.25, 0.3) is 0 Å². The lowest BCUT2D eigenvalue weighted by molar-refractivity contribution is 0.131. The van der Waals surface area contributed by atoms with Crippen molar-refractivity contribution in [1.82, 2.24) is 4.90 Å². The molecular weight excluding hydrogens is 224 g/mol. The summed E-state index contributed by atoms with van der Waals surface area (Å²) in [5.74, 6) is 1.06. The van der Waals surface area contributed by atoms with Crippen LogP contribution in [0.15, 0.2) is 24.3 Å².